The van der Waals surface area contributed by atoms with Crippen LogP contribution in [0.2, 0.25) is 5.02 Å². The van der Waals surface area contributed by atoms with Crippen LogP contribution in [0.3, 0.4) is 0 Å². The van der Waals surface area contributed by atoms with Crippen molar-refractivity contribution in [1.29, 1.82) is 0 Å². The molecule has 0 spiro atoms. The molecule has 0 aliphatic heterocycles. The second-order valence-electron chi connectivity index (χ2n) is 5.06. The zero-order valence-corrected chi connectivity index (χ0v) is 12.9. The van der Waals surface area contributed by atoms with Crippen LogP contribution in [0.25, 0.3) is 0 Å². The molecule has 0 radical (unpaired) electrons. The number of halogens is 1. The van der Waals surface area contributed by atoms with Crippen LogP contribution in [0.15, 0.2) is 42.5 Å². The van der Waals surface area contributed by atoms with E-state index in [-0.39, 0.29) is 0 Å². The van der Waals surface area contributed by atoms with Crippen LogP contribution in [0.1, 0.15) is 18.1 Å². The molecule has 1 unspecified atom stereocenters. The van der Waals surface area contributed by atoms with E-state index in [1.807, 2.05) is 30.3 Å². The highest BCUT2D eigenvalue weighted by atomic mass is 35.5. The number of methoxy groups -OCH3 is 1. The number of benzene rings is 2. The predicted octanol–water partition coefficient (Wildman–Crippen LogP) is 4.70. The van der Waals surface area contributed by atoms with Crippen molar-refractivity contribution in [3.8, 4) is 5.75 Å². The standard InChI is InChI=1S/C17H20ClNO/c1-12-4-7-15(18)11-17(12)19-13(2)10-14-5-8-16(20-3)9-6-14/h4-9,11,13,19H,10H2,1-3H3. The highest BCUT2D eigenvalue weighted by molar-refractivity contribution is 6.30. The van der Waals surface area contributed by atoms with E-state index in [0.717, 1.165) is 22.9 Å². The molecular weight excluding hydrogens is 270 g/mol. The average Bonchev–Trinajstić information content (AvgIpc) is 2.43. The molecule has 1 N–H and O–H groups in total. The monoisotopic (exact) mass is 289 g/mol. The summed E-state index contributed by atoms with van der Waals surface area (Å²) in [6.45, 7) is 4.25. The first kappa shape index (κ1) is 14.7. The molecule has 1 atom stereocenters. The van der Waals surface area contributed by atoms with Gasteiger partial charge in [0.25, 0.3) is 0 Å². The zero-order chi connectivity index (χ0) is 14.5. The largest absolute Gasteiger partial charge is 0.497 e. The Morgan fingerprint density at radius 2 is 1.85 bits per heavy atom. The molecule has 20 heavy (non-hydrogen) atoms. The summed E-state index contributed by atoms with van der Waals surface area (Å²) < 4.78 is 5.17. The van der Waals surface area contributed by atoms with E-state index in [1.165, 1.54) is 11.1 Å². The van der Waals surface area contributed by atoms with Gasteiger partial charge in [0.1, 0.15) is 5.75 Å². The molecule has 0 fully saturated rings. The summed E-state index contributed by atoms with van der Waals surface area (Å²) in [5.41, 5.74) is 3.58. The van der Waals surface area contributed by atoms with E-state index in [0.29, 0.717) is 6.04 Å². The highest BCUT2D eigenvalue weighted by Crippen LogP contribution is 2.22. The Morgan fingerprint density at radius 3 is 2.50 bits per heavy atom. The molecule has 0 saturated heterocycles. The lowest BCUT2D eigenvalue weighted by molar-refractivity contribution is 0.414. The van der Waals surface area contributed by atoms with Crippen molar-refractivity contribution >= 4 is 17.3 Å². The Labute approximate surface area is 125 Å². The van der Waals surface area contributed by atoms with Gasteiger partial charge in [-0.3, -0.25) is 0 Å². The fourth-order valence-electron chi connectivity index (χ4n) is 2.18. The van der Waals surface area contributed by atoms with E-state index in [9.17, 15) is 0 Å². The lowest BCUT2D eigenvalue weighted by Crippen LogP contribution is -2.18. The van der Waals surface area contributed by atoms with Gasteiger partial charge in [0.2, 0.25) is 0 Å². The van der Waals surface area contributed by atoms with Gasteiger partial charge in [-0.15, -0.1) is 0 Å². The van der Waals surface area contributed by atoms with Gasteiger partial charge in [-0.25, -0.2) is 0 Å². The number of hydrogen-bond donors (Lipinski definition) is 1. The summed E-state index contributed by atoms with van der Waals surface area (Å²) in [6, 6.07) is 14.4. The van der Waals surface area contributed by atoms with Crippen LogP contribution in [0, 0.1) is 6.92 Å². The van der Waals surface area contributed by atoms with E-state index >= 15 is 0 Å². The van der Waals surface area contributed by atoms with Crippen molar-refractivity contribution in [2.24, 2.45) is 0 Å². The van der Waals surface area contributed by atoms with Gasteiger partial charge < -0.3 is 10.1 Å². The molecule has 106 valence electrons. The van der Waals surface area contributed by atoms with E-state index in [1.54, 1.807) is 7.11 Å². The van der Waals surface area contributed by atoms with Gasteiger partial charge in [-0.1, -0.05) is 29.8 Å². The minimum atomic E-state index is 0.334. The maximum Gasteiger partial charge on any atom is 0.118 e. The van der Waals surface area contributed by atoms with E-state index in [2.05, 4.69) is 31.3 Å². The summed E-state index contributed by atoms with van der Waals surface area (Å²) in [7, 11) is 1.68. The van der Waals surface area contributed by atoms with E-state index < -0.39 is 0 Å². The number of rotatable bonds is 5. The third-order valence-corrected chi connectivity index (χ3v) is 3.54. The average molecular weight is 290 g/mol. The minimum absolute atomic E-state index is 0.334. The first-order valence-electron chi connectivity index (χ1n) is 6.74. The van der Waals surface area contributed by atoms with Gasteiger partial charge in [0.05, 0.1) is 7.11 Å². The summed E-state index contributed by atoms with van der Waals surface area (Å²) in [5.74, 6) is 0.889. The molecule has 2 nitrogen and oxygen atoms in total. The Balaban J connectivity index is 2.00. The van der Waals surface area contributed by atoms with Crippen LogP contribution >= 0.6 is 11.6 Å². The third-order valence-electron chi connectivity index (χ3n) is 3.30. The molecule has 0 bridgehead atoms. The smallest absolute Gasteiger partial charge is 0.118 e. The molecule has 2 aromatic carbocycles. The van der Waals surface area contributed by atoms with Gasteiger partial charge in [-0.05, 0) is 55.7 Å². The number of hydrogen-bond acceptors (Lipinski definition) is 2. The van der Waals surface area contributed by atoms with Crippen LogP contribution in [0.4, 0.5) is 5.69 Å². The molecule has 0 saturated carbocycles. The Bertz CT molecular complexity index is 566. The second kappa shape index (κ2) is 6.67. The summed E-state index contributed by atoms with van der Waals surface area (Å²) in [5, 5.41) is 4.27. The van der Waals surface area contributed by atoms with Gasteiger partial charge in [0, 0.05) is 16.8 Å². The summed E-state index contributed by atoms with van der Waals surface area (Å²) in [6.07, 6.45) is 0.954. The Kier molecular flexibility index (Phi) is 4.91. The Morgan fingerprint density at radius 1 is 1.15 bits per heavy atom. The molecule has 2 rings (SSSR count). The van der Waals surface area contributed by atoms with Gasteiger partial charge in [0.15, 0.2) is 0 Å². The van der Waals surface area contributed by atoms with Crippen LogP contribution in [-0.4, -0.2) is 13.2 Å². The normalized spacial score (nSPS) is 12.0. The second-order valence-corrected chi connectivity index (χ2v) is 5.49. The molecule has 0 amide bonds. The quantitative estimate of drug-likeness (QED) is 0.861. The summed E-state index contributed by atoms with van der Waals surface area (Å²) >= 11 is 6.04. The molecule has 3 heteroatoms. The van der Waals surface area contributed by atoms with Crippen molar-refractivity contribution < 1.29 is 4.74 Å². The van der Waals surface area contributed by atoms with Crippen LogP contribution < -0.4 is 10.1 Å². The maximum absolute atomic E-state index is 6.04. The number of ether oxygens (including phenoxy) is 1. The molecule has 2 aromatic rings. The Hall–Kier alpha value is -1.67. The van der Waals surface area contributed by atoms with Crippen molar-refractivity contribution in [2.45, 2.75) is 26.3 Å². The fourth-order valence-corrected chi connectivity index (χ4v) is 2.35. The van der Waals surface area contributed by atoms with Crippen molar-refractivity contribution in [2.75, 3.05) is 12.4 Å². The van der Waals surface area contributed by atoms with Crippen LogP contribution in [-0.2, 0) is 6.42 Å². The van der Waals surface area contributed by atoms with Crippen LogP contribution in [0.5, 0.6) is 5.75 Å². The first-order valence-corrected chi connectivity index (χ1v) is 7.12. The van der Waals surface area contributed by atoms with Crippen molar-refractivity contribution in [3.63, 3.8) is 0 Å². The van der Waals surface area contributed by atoms with Crippen molar-refractivity contribution in [1.82, 2.24) is 0 Å². The first-order chi connectivity index (χ1) is 9.58. The number of anilines is 1. The predicted molar refractivity (Wildman–Crippen MR) is 86.0 cm³/mol. The molecule has 0 aliphatic carbocycles. The lowest BCUT2D eigenvalue weighted by atomic mass is 10.1. The molecular formula is C17H20ClNO. The third kappa shape index (κ3) is 3.91. The highest BCUT2D eigenvalue weighted by Gasteiger charge is 2.06. The number of nitrogens with one attached hydrogen (secondary N) is 1. The molecule has 0 aliphatic rings. The summed E-state index contributed by atoms with van der Waals surface area (Å²) in [4.78, 5) is 0. The topological polar surface area (TPSA) is 21.3 Å². The SMILES string of the molecule is COc1ccc(CC(C)Nc2cc(Cl)ccc2C)cc1. The minimum Gasteiger partial charge on any atom is -0.497 e. The van der Waals surface area contributed by atoms with Crippen molar-refractivity contribution in [3.05, 3.63) is 58.6 Å². The molecule has 0 aromatic heterocycles. The van der Waals surface area contributed by atoms with Gasteiger partial charge in [-0.2, -0.15) is 0 Å². The lowest BCUT2D eigenvalue weighted by Gasteiger charge is -2.17. The fraction of sp³-hybridized carbons (Fsp3) is 0.294. The molecule has 0 heterocycles. The zero-order valence-electron chi connectivity index (χ0n) is 12.1. The maximum atomic E-state index is 6.04. The number of aryl methyl sites for hydroxylation is 1. The van der Waals surface area contributed by atoms with E-state index in [4.69, 9.17) is 16.3 Å². The van der Waals surface area contributed by atoms with Gasteiger partial charge >= 0.3 is 0 Å².